The molecule has 0 radical (unpaired) electrons. The van der Waals surface area contributed by atoms with Crippen LogP contribution in [0.5, 0.6) is 0 Å². The summed E-state index contributed by atoms with van der Waals surface area (Å²) in [6.45, 7) is 13.7. The van der Waals surface area contributed by atoms with Gasteiger partial charge in [0.05, 0.1) is 18.8 Å². The Balaban J connectivity index is 0.00000154. The Morgan fingerprint density at radius 2 is 2.05 bits per heavy atom. The molecule has 0 aromatic carbocycles. The maximum Gasteiger partial charge on any atom is 0.349 e. The summed E-state index contributed by atoms with van der Waals surface area (Å²) >= 11 is 0. The first-order valence-electron chi connectivity index (χ1n) is 6.45. The van der Waals surface area contributed by atoms with Gasteiger partial charge in [-0.15, -0.1) is 0 Å². The van der Waals surface area contributed by atoms with Crippen molar-refractivity contribution in [2.24, 2.45) is 0 Å². The first kappa shape index (κ1) is 17.0. The number of hydrogen-bond donors (Lipinski definition) is 1. The van der Waals surface area contributed by atoms with E-state index in [1.807, 2.05) is 13.8 Å². The molecule has 1 unspecified atom stereocenters. The van der Waals surface area contributed by atoms with Crippen molar-refractivity contribution in [3.05, 3.63) is 48.9 Å². The standard InChI is InChI=1S/C13H17NO3.C2H6/c1-4-7-10-11(8-5-2)17-12(9-14-10)13(15)16-6-3;1-2/h4-5,7-8,12,14H,1-2,6,9H2,3H3;1-2H3/b10-7+,11-8+;. The third-order valence-electron chi connectivity index (χ3n) is 2.12. The summed E-state index contributed by atoms with van der Waals surface area (Å²) in [5.74, 6) is 0.191. The van der Waals surface area contributed by atoms with Gasteiger partial charge in [-0.2, -0.15) is 0 Å². The van der Waals surface area contributed by atoms with Gasteiger partial charge in [-0.1, -0.05) is 39.2 Å². The van der Waals surface area contributed by atoms with Gasteiger partial charge in [0.2, 0.25) is 6.10 Å². The Hall–Kier alpha value is -1.97. The molecule has 0 aromatic heterocycles. The van der Waals surface area contributed by atoms with Crippen LogP contribution in [0.3, 0.4) is 0 Å². The lowest BCUT2D eigenvalue weighted by molar-refractivity contribution is -0.154. The molecule has 0 bridgehead atoms. The van der Waals surface area contributed by atoms with E-state index < -0.39 is 6.10 Å². The number of carbonyl (C=O) groups excluding carboxylic acids is 1. The Bertz CT molecular complexity index is 370. The quantitative estimate of drug-likeness (QED) is 0.794. The number of allylic oxidation sites excluding steroid dienone is 4. The topological polar surface area (TPSA) is 47.6 Å². The number of carbonyl (C=O) groups is 1. The zero-order valence-corrected chi connectivity index (χ0v) is 11.9. The molecule has 0 saturated carbocycles. The van der Waals surface area contributed by atoms with Crippen LogP contribution in [-0.2, 0) is 14.3 Å². The van der Waals surface area contributed by atoms with Gasteiger partial charge in [0.25, 0.3) is 0 Å². The van der Waals surface area contributed by atoms with Crippen molar-refractivity contribution in [1.29, 1.82) is 0 Å². The van der Waals surface area contributed by atoms with Gasteiger partial charge in [0.15, 0.2) is 0 Å². The van der Waals surface area contributed by atoms with E-state index in [1.165, 1.54) is 0 Å². The second kappa shape index (κ2) is 10.00. The fourth-order valence-electron chi connectivity index (χ4n) is 1.41. The van der Waals surface area contributed by atoms with Crippen molar-refractivity contribution in [3.63, 3.8) is 0 Å². The summed E-state index contributed by atoms with van der Waals surface area (Å²) in [6, 6.07) is 0. The van der Waals surface area contributed by atoms with E-state index in [4.69, 9.17) is 9.47 Å². The predicted molar refractivity (Wildman–Crippen MR) is 77.4 cm³/mol. The van der Waals surface area contributed by atoms with E-state index in [0.717, 1.165) is 5.70 Å². The highest BCUT2D eigenvalue weighted by atomic mass is 16.6. The van der Waals surface area contributed by atoms with E-state index in [0.29, 0.717) is 18.9 Å². The van der Waals surface area contributed by atoms with Crippen LogP contribution in [0.4, 0.5) is 0 Å². The lowest BCUT2D eigenvalue weighted by Gasteiger charge is -2.27. The Kier molecular flexibility index (Phi) is 8.96. The van der Waals surface area contributed by atoms with E-state index in [9.17, 15) is 4.79 Å². The van der Waals surface area contributed by atoms with Gasteiger partial charge in [-0.3, -0.25) is 0 Å². The number of esters is 1. The predicted octanol–water partition coefficient (Wildman–Crippen LogP) is 2.70. The first-order valence-corrected chi connectivity index (χ1v) is 6.45. The highest BCUT2D eigenvalue weighted by molar-refractivity contribution is 5.75. The summed E-state index contributed by atoms with van der Waals surface area (Å²) in [6.07, 6.45) is 6.09. The highest BCUT2D eigenvalue weighted by Crippen LogP contribution is 2.18. The van der Waals surface area contributed by atoms with Crippen molar-refractivity contribution >= 4 is 5.97 Å². The maximum atomic E-state index is 11.5. The largest absolute Gasteiger partial charge is 0.475 e. The number of morpholine rings is 1. The number of nitrogens with one attached hydrogen (secondary N) is 1. The van der Waals surface area contributed by atoms with Crippen LogP contribution >= 0.6 is 0 Å². The Morgan fingerprint density at radius 3 is 2.58 bits per heavy atom. The molecule has 0 aromatic rings. The van der Waals surface area contributed by atoms with Crippen molar-refractivity contribution < 1.29 is 14.3 Å². The fraction of sp³-hybridized carbons (Fsp3) is 0.400. The Labute approximate surface area is 115 Å². The molecule has 4 nitrogen and oxygen atoms in total. The van der Waals surface area contributed by atoms with Gasteiger partial charge >= 0.3 is 5.97 Å². The molecule has 1 aliphatic heterocycles. The lowest BCUT2D eigenvalue weighted by atomic mass is 10.2. The maximum absolute atomic E-state index is 11.5. The highest BCUT2D eigenvalue weighted by Gasteiger charge is 2.28. The van der Waals surface area contributed by atoms with Crippen molar-refractivity contribution in [1.82, 2.24) is 5.32 Å². The Morgan fingerprint density at radius 1 is 1.42 bits per heavy atom. The summed E-state index contributed by atoms with van der Waals surface area (Å²) in [4.78, 5) is 11.5. The normalized spacial score (nSPS) is 21.5. The molecule has 1 rings (SSSR count). The van der Waals surface area contributed by atoms with Crippen LogP contribution in [0.1, 0.15) is 20.8 Å². The summed E-state index contributed by atoms with van der Waals surface area (Å²) in [7, 11) is 0. The second-order valence-electron chi connectivity index (χ2n) is 3.32. The minimum Gasteiger partial charge on any atom is -0.475 e. The average Bonchev–Trinajstić information content (AvgIpc) is 2.44. The first-order chi connectivity index (χ1) is 9.22. The smallest absolute Gasteiger partial charge is 0.349 e. The molecule has 1 atom stereocenters. The van der Waals surface area contributed by atoms with Gasteiger partial charge in [-0.25, -0.2) is 4.79 Å². The molecule has 0 amide bonds. The molecule has 106 valence electrons. The molecule has 1 aliphatic rings. The van der Waals surface area contributed by atoms with Crippen LogP contribution < -0.4 is 5.32 Å². The van der Waals surface area contributed by atoms with Crippen molar-refractivity contribution in [2.45, 2.75) is 26.9 Å². The van der Waals surface area contributed by atoms with Crippen molar-refractivity contribution in [3.8, 4) is 0 Å². The van der Waals surface area contributed by atoms with E-state index in [1.54, 1.807) is 31.2 Å². The van der Waals surface area contributed by atoms with Crippen molar-refractivity contribution in [2.75, 3.05) is 13.2 Å². The zero-order chi connectivity index (χ0) is 14.7. The van der Waals surface area contributed by atoms with Crippen LogP contribution in [0.25, 0.3) is 0 Å². The van der Waals surface area contributed by atoms with E-state index in [-0.39, 0.29) is 5.97 Å². The molecular weight excluding hydrogens is 242 g/mol. The molecule has 0 spiro atoms. The summed E-state index contributed by atoms with van der Waals surface area (Å²) < 4.78 is 10.4. The van der Waals surface area contributed by atoms with Crippen LogP contribution in [-0.4, -0.2) is 25.2 Å². The molecule has 1 saturated heterocycles. The van der Waals surface area contributed by atoms with E-state index in [2.05, 4.69) is 18.5 Å². The lowest BCUT2D eigenvalue weighted by Crippen LogP contribution is -2.41. The summed E-state index contributed by atoms with van der Waals surface area (Å²) in [5.41, 5.74) is 0.778. The monoisotopic (exact) mass is 265 g/mol. The number of ether oxygens (including phenoxy) is 2. The SMILES string of the molecule is C=C/C=C1/NCC(C(=O)OCC)O/C1=C/C=C.CC. The number of hydrogen-bond acceptors (Lipinski definition) is 4. The van der Waals surface area contributed by atoms with Gasteiger partial charge < -0.3 is 14.8 Å². The van der Waals surface area contributed by atoms with Crippen LogP contribution in [0.2, 0.25) is 0 Å². The molecule has 1 N–H and O–H groups in total. The average molecular weight is 265 g/mol. The van der Waals surface area contributed by atoms with Gasteiger partial charge in [0.1, 0.15) is 5.76 Å². The third kappa shape index (κ3) is 5.46. The number of rotatable bonds is 4. The van der Waals surface area contributed by atoms with E-state index >= 15 is 0 Å². The molecule has 19 heavy (non-hydrogen) atoms. The van der Waals surface area contributed by atoms with Gasteiger partial charge in [0, 0.05) is 0 Å². The third-order valence-corrected chi connectivity index (χ3v) is 2.12. The fourth-order valence-corrected chi connectivity index (χ4v) is 1.41. The molecule has 4 heteroatoms. The van der Waals surface area contributed by atoms with Crippen LogP contribution in [0.15, 0.2) is 48.9 Å². The second-order valence-corrected chi connectivity index (χ2v) is 3.32. The summed E-state index contributed by atoms with van der Waals surface area (Å²) in [5, 5.41) is 3.09. The molecule has 1 heterocycles. The zero-order valence-electron chi connectivity index (χ0n) is 11.9. The minimum absolute atomic E-state index is 0.342. The molecule has 1 fully saturated rings. The molecular formula is C15H23NO3. The molecule has 0 aliphatic carbocycles. The van der Waals surface area contributed by atoms with Crippen LogP contribution in [0, 0.1) is 0 Å². The minimum atomic E-state index is -0.622. The van der Waals surface area contributed by atoms with Gasteiger partial charge in [-0.05, 0) is 19.1 Å².